The van der Waals surface area contributed by atoms with E-state index in [0.717, 1.165) is 10.8 Å². The summed E-state index contributed by atoms with van der Waals surface area (Å²) in [5.41, 5.74) is 1.06. The first kappa shape index (κ1) is 15.6. The summed E-state index contributed by atoms with van der Waals surface area (Å²) >= 11 is 0. The van der Waals surface area contributed by atoms with E-state index in [1.165, 1.54) is 7.11 Å². The summed E-state index contributed by atoms with van der Waals surface area (Å²) in [6.45, 7) is 0. The van der Waals surface area contributed by atoms with E-state index in [1.807, 2.05) is 36.4 Å². The number of nitrogens with one attached hydrogen (secondary N) is 2. The highest BCUT2D eigenvalue weighted by Crippen LogP contribution is 2.19. The van der Waals surface area contributed by atoms with Gasteiger partial charge in [0.2, 0.25) is 0 Å². The first-order valence-electron chi connectivity index (χ1n) is 7.41. The number of methoxy groups -OCH3 is 1. The summed E-state index contributed by atoms with van der Waals surface area (Å²) in [5, 5.41) is 7.20. The lowest BCUT2D eigenvalue weighted by Crippen LogP contribution is -2.29. The molecule has 0 bridgehead atoms. The molecule has 0 fully saturated rings. The minimum absolute atomic E-state index is 0.494. The molecule has 0 saturated carbocycles. The van der Waals surface area contributed by atoms with E-state index >= 15 is 0 Å². The standard InChI is InChI=1S/C19H16N2O3/c1-24-17-8-4-7-15(12-17)20-18(22)19(23)21-16-10-9-13-5-2-3-6-14(13)11-16/h2-12H,1H3,(H,20,22)(H,21,23). The van der Waals surface area contributed by atoms with Crippen LogP contribution in [0.3, 0.4) is 0 Å². The van der Waals surface area contributed by atoms with Gasteiger partial charge in [0, 0.05) is 17.4 Å². The van der Waals surface area contributed by atoms with Crippen LogP contribution in [-0.2, 0) is 9.59 Å². The molecule has 120 valence electrons. The molecule has 0 atom stereocenters. The SMILES string of the molecule is COc1cccc(NC(=O)C(=O)Nc2ccc3ccccc3c2)c1. The van der Waals surface area contributed by atoms with E-state index in [2.05, 4.69) is 10.6 Å². The van der Waals surface area contributed by atoms with Crippen LogP contribution < -0.4 is 15.4 Å². The normalized spacial score (nSPS) is 10.2. The van der Waals surface area contributed by atoms with E-state index in [1.54, 1.807) is 30.3 Å². The number of hydrogen-bond acceptors (Lipinski definition) is 3. The fourth-order valence-corrected chi connectivity index (χ4v) is 2.34. The van der Waals surface area contributed by atoms with Crippen molar-refractivity contribution in [1.29, 1.82) is 0 Å². The third-order valence-corrected chi connectivity index (χ3v) is 3.54. The van der Waals surface area contributed by atoms with Crippen molar-refractivity contribution in [1.82, 2.24) is 0 Å². The molecule has 2 amide bonds. The van der Waals surface area contributed by atoms with Gasteiger partial charge in [0.05, 0.1) is 7.11 Å². The lowest BCUT2D eigenvalue weighted by molar-refractivity contribution is -0.132. The van der Waals surface area contributed by atoms with E-state index in [-0.39, 0.29) is 0 Å². The molecule has 0 unspecified atom stereocenters. The molecule has 0 aliphatic heterocycles. The Morgan fingerprint density at radius 3 is 2.12 bits per heavy atom. The number of hydrogen-bond donors (Lipinski definition) is 2. The zero-order valence-corrected chi connectivity index (χ0v) is 13.1. The van der Waals surface area contributed by atoms with Crippen molar-refractivity contribution in [2.24, 2.45) is 0 Å². The van der Waals surface area contributed by atoms with Crippen molar-refractivity contribution < 1.29 is 14.3 Å². The van der Waals surface area contributed by atoms with Crippen LogP contribution in [0.5, 0.6) is 5.75 Å². The van der Waals surface area contributed by atoms with Crippen LogP contribution in [0.1, 0.15) is 0 Å². The van der Waals surface area contributed by atoms with Crippen LogP contribution in [0, 0.1) is 0 Å². The quantitative estimate of drug-likeness (QED) is 0.727. The average molecular weight is 320 g/mol. The predicted molar refractivity (Wildman–Crippen MR) is 94.2 cm³/mol. The van der Waals surface area contributed by atoms with Crippen LogP contribution in [0.15, 0.2) is 66.7 Å². The topological polar surface area (TPSA) is 67.4 Å². The molecule has 2 N–H and O–H groups in total. The van der Waals surface area contributed by atoms with Gasteiger partial charge in [-0.25, -0.2) is 0 Å². The van der Waals surface area contributed by atoms with Crippen molar-refractivity contribution >= 4 is 34.0 Å². The molecule has 5 nitrogen and oxygen atoms in total. The number of ether oxygens (including phenoxy) is 1. The van der Waals surface area contributed by atoms with Crippen molar-refractivity contribution in [3.05, 3.63) is 66.7 Å². The Hall–Kier alpha value is -3.34. The van der Waals surface area contributed by atoms with Crippen LogP contribution in [0.25, 0.3) is 10.8 Å². The first-order chi connectivity index (χ1) is 11.7. The Morgan fingerprint density at radius 2 is 1.42 bits per heavy atom. The van der Waals surface area contributed by atoms with Gasteiger partial charge >= 0.3 is 11.8 Å². The zero-order chi connectivity index (χ0) is 16.9. The lowest BCUT2D eigenvalue weighted by atomic mass is 10.1. The molecule has 0 saturated heterocycles. The van der Waals surface area contributed by atoms with Crippen LogP contribution in [0.2, 0.25) is 0 Å². The van der Waals surface area contributed by atoms with Gasteiger partial charge in [-0.3, -0.25) is 9.59 Å². The summed E-state index contributed by atoms with van der Waals surface area (Å²) in [6.07, 6.45) is 0. The molecule has 0 spiro atoms. The summed E-state index contributed by atoms with van der Waals surface area (Å²) < 4.78 is 5.08. The molecule has 3 rings (SSSR count). The highest BCUT2D eigenvalue weighted by atomic mass is 16.5. The van der Waals surface area contributed by atoms with Crippen LogP contribution in [-0.4, -0.2) is 18.9 Å². The van der Waals surface area contributed by atoms with E-state index in [4.69, 9.17) is 4.74 Å². The molecule has 3 aromatic carbocycles. The molecule has 0 aliphatic rings. The molecular weight excluding hydrogens is 304 g/mol. The van der Waals surface area contributed by atoms with Gasteiger partial charge in [-0.2, -0.15) is 0 Å². The Morgan fingerprint density at radius 1 is 0.750 bits per heavy atom. The van der Waals surface area contributed by atoms with Gasteiger partial charge in [0.1, 0.15) is 5.75 Å². The number of carbonyl (C=O) groups excluding carboxylic acids is 2. The fraction of sp³-hybridized carbons (Fsp3) is 0.0526. The maximum absolute atomic E-state index is 12.1. The Kier molecular flexibility index (Phi) is 4.43. The summed E-state index contributed by atoms with van der Waals surface area (Å²) in [4.78, 5) is 24.1. The van der Waals surface area contributed by atoms with Gasteiger partial charge in [-0.1, -0.05) is 36.4 Å². The van der Waals surface area contributed by atoms with Gasteiger partial charge in [-0.05, 0) is 35.0 Å². The number of anilines is 2. The van der Waals surface area contributed by atoms with Crippen molar-refractivity contribution in [3.63, 3.8) is 0 Å². The monoisotopic (exact) mass is 320 g/mol. The smallest absolute Gasteiger partial charge is 0.314 e. The lowest BCUT2D eigenvalue weighted by Gasteiger charge is -2.08. The third-order valence-electron chi connectivity index (χ3n) is 3.54. The van der Waals surface area contributed by atoms with Gasteiger partial charge < -0.3 is 15.4 Å². The molecule has 0 aliphatic carbocycles. The third kappa shape index (κ3) is 3.52. The molecular formula is C19H16N2O3. The molecule has 5 heteroatoms. The van der Waals surface area contributed by atoms with Crippen LogP contribution in [0.4, 0.5) is 11.4 Å². The largest absolute Gasteiger partial charge is 0.497 e. The second kappa shape index (κ2) is 6.83. The number of benzene rings is 3. The maximum Gasteiger partial charge on any atom is 0.314 e. The Labute approximate surface area is 139 Å². The van der Waals surface area contributed by atoms with E-state index in [9.17, 15) is 9.59 Å². The molecule has 0 heterocycles. The number of rotatable bonds is 3. The van der Waals surface area contributed by atoms with Gasteiger partial charge in [-0.15, -0.1) is 0 Å². The Balaban J connectivity index is 1.69. The highest BCUT2D eigenvalue weighted by Gasteiger charge is 2.14. The fourth-order valence-electron chi connectivity index (χ4n) is 2.34. The summed E-state index contributed by atoms with van der Waals surface area (Å²) in [5.74, 6) is -0.868. The van der Waals surface area contributed by atoms with Crippen molar-refractivity contribution in [3.8, 4) is 5.75 Å². The average Bonchev–Trinajstić information content (AvgIpc) is 2.61. The minimum atomic E-state index is -0.739. The Bertz CT molecular complexity index is 906. The van der Waals surface area contributed by atoms with Gasteiger partial charge in [0.15, 0.2) is 0 Å². The highest BCUT2D eigenvalue weighted by molar-refractivity contribution is 6.43. The predicted octanol–water partition coefficient (Wildman–Crippen LogP) is 3.43. The number of fused-ring (bicyclic) bond motifs is 1. The van der Waals surface area contributed by atoms with Crippen molar-refractivity contribution in [2.45, 2.75) is 0 Å². The number of amides is 2. The van der Waals surface area contributed by atoms with Gasteiger partial charge in [0.25, 0.3) is 0 Å². The zero-order valence-electron chi connectivity index (χ0n) is 13.1. The second-order valence-electron chi connectivity index (χ2n) is 5.20. The van der Waals surface area contributed by atoms with Crippen LogP contribution >= 0.6 is 0 Å². The number of carbonyl (C=O) groups is 2. The maximum atomic E-state index is 12.1. The minimum Gasteiger partial charge on any atom is -0.497 e. The van der Waals surface area contributed by atoms with E-state index < -0.39 is 11.8 Å². The molecule has 0 aromatic heterocycles. The van der Waals surface area contributed by atoms with E-state index in [0.29, 0.717) is 17.1 Å². The first-order valence-corrected chi connectivity index (χ1v) is 7.41. The molecule has 3 aromatic rings. The molecule has 0 radical (unpaired) electrons. The summed E-state index contributed by atoms with van der Waals surface area (Å²) in [6, 6.07) is 20.1. The second-order valence-corrected chi connectivity index (χ2v) is 5.20. The summed E-state index contributed by atoms with van der Waals surface area (Å²) in [7, 11) is 1.54. The molecule has 24 heavy (non-hydrogen) atoms. The van der Waals surface area contributed by atoms with Crippen molar-refractivity contribution in [2.75, 3.05) is 17.7 Å².